The summed E-state index contributed by atoms with van der Waals surface area (Å²) >= 11 is 0. The van der Waals surface area contributed by atoms with Crippen LogP contribution >= 0.6 is 0 Å². The Hall–Kier alpha value is -1.94. The van der Waals surface area contributed by atoms with Gasteiger partial charge in [-0.2, -0.15) is 0 Å². The smallest absolute Gasteiger partial charge is 0.130 e. The Morgan fingerprint density at radius 2 is 1.79 bits per heavy atom. The first-order chi connectivity index (χ1) is 9.08. The van der Waals surface area contributed by atoms with E-state index in [9.17, 15) is 8.78 Å². The summed E-state index contributed by atoms with van der Waals surface area (Å²) in [4.78, 5) is 1.94. The molecule has 0 aromatic heterocycles. The monoisotopic (exact) mass is 262 g/mol. The summed E-state index contributed by atoms with van der Waals surface area (Å²) in [6.45, 7) is 0.451. The molecule has 0 heterocycles. The largest absolute Gasteiger partial charge is 0.373 e. The van der Waals surface area contributed by atoms with Crippen molar-refractivity contribution < 1.29 is 8.78 Å². The van der Waals surface area contributed by atoms with E-state index in [1.165, 1.54) is 12.1 Å². The summed E-state index contributed by atoms with van der Waals surface area (Å²) in [5.41, 5.74) is 7.30. The van der Waals surface area contributed by atoms with E-state index in [1.807, 2.05) is 42.3 Å². The molecule has 0 aliphatic rings. The highest BCUT2D eigenvalue weighted by atomic mass is 19.1. The molecule has 2 aromatic carbocycles. The van der Waals surface area contributed by atoms with Gasteiger partial charge in [0, 0.05) is 30.9 Å². The van der Waals surface area contributed by atoms with E-state index in [1.54, 1.807) is 0 Å². The molecule has 0 amide bonds. The molecule has 1 unspecified atom stereocenters. The van der Waals surface area contributed by atoms with E-state index < -0.39 is 17.7 Å². The summed E-state index contributed by atoms with van der Waals surface area (Å²) in [6, 6.07) is 12.7. The molecule has 0 fully saturated rings. The standard InChI is InChI=1S/C15H16F2N2/c1-19(12-5-3-2-4-6-12)10-15(18)13-8-7-11(16)9-14(13)17/h2-9,15H,10,18H2,1H3. The van der Waals surface area contributed by atoms with Gasteiger partial charge in [0.15, 0.2) is 0 Å². The minimum Gasteiger partial charge on any atom is -0.373 e. The van der Waals surface area contributed by atoms with E-state index in [-0.39, 0.29) is 0 Å². The molecule has 2 nitrogen and oxygen atoms in total. The van der Waals surface area contributed by atoms with Gasteiger partial charge >= 0.3 is 0 Å². The number of hydrogen-bond acceptors (Lipinski definition) is 2. The minimum atomic E-state index is -0.603. The van der Waals surface area contributed by atoms with Gasteiger partial charge in [-0.1, -0.05) is 24.3 Å². The zero-order valence-corrected chi connectivity index (χ0v) is 10.7. The number of nitrogens with zero attached hydrogens (tertiary/aromatic N) is 1. The van der Waals surface area contributed by atoms with Crippen LogP contribution in [0, 0.1) is 11.6 Å². The van der Waals surface area contributed by atoms with Crippen LogP contribution in [0.3, 0.4) is 0 Å². The number of anilines is 1. The molecule has 2 aromatic rings. The minimum absolute atomic E-state index is 0.323. The van der Waals surface area contributed by atoms with E-state index >= 15 is 0 Å². The fourth-order valence-corrected chi connectivity index (χ4v) is 1.98. The second-order valence-corrected chi connectivity index (χ2v) is 4.49. The Labute approximate surface area is 111 Å². The molecule has 0 bridgehead atoms. The van der Waals surface area contributed by atoms with Crippen molar-refractivity contribution in [2.75, 3.05) is 18.5 Å². The van der Waals surface area contributed by atoms with E-state index in [4.69, 9.17) is 5.73 Å². The van der Waals surface area contributed by atoms with Gasteiger partial charge in [-0.3, -0.25) is 0 Å². The van der Waals surface area contributed by atoms with Crippen molar-refractivity contribution in [3.63, 3.8) is 0 Å². The van der Waals surface area contributed by atoms with Crippen molar-refractivity contribution in [1.82, 2.24) is 0 Å². The lowest BCUT2D eigenvalue weighted by Gasteiger charge is -2.23. The molecule has 4 heteroatoms. The van der Waals surface area contributed by atoms with Crippen molar-refractivity contribution in [3.8, 4) is 0 Å². The predicted octanol–water partition coefficient (Wildman–Crippen LogP) is 3.10. The molecule has 0 spiro atoms. The van der Waals surface area contributed by atoms with Gasteiger partial charge in [0.05, 0.1) is 6.04 Å². The zero-order chi connectivity index (χ0) is 13.8. The number of likely N-dealkylation sites (N-methyl/N-ethyl adjacent to an activating group) is 1. The lowest BCUT2D eigenvalue weighted by molar-refractivity contribution is 0.554. The Bertz CT molecular complexity index is 543. The normalized spacial score (nSPS) is 12.2. The molecular weight excluding hydrogens is 246 g/mol. The van der Waals surface area contributed by atoms with Crippen LogP contribution in [0.25, 0.3) is 0 Å². The third kappa shape index (κ3) is 3.29. The third-order valence-corrected chi connectivity index (χ3v) is 3.03. The number of para-hydroxylation sites is 1. The van der Waals surface area contributed by atoms with Crippen molar-refractivity contribution in [2.45, 2.75) is 6.04 Å². The first kappa shape index (κ1) is 13.5. The Kier molecular flexibility index (Phi) is 4.12. The van der Waals surface area contributed by atoms with Crippen LogP contribution in [-0.2, 0) is 0 Å². The molecular formula is C15H16F2N2. The van der Waals surface area contributed by atoms with Crippen LogP contribution in [0.15, 0.2) is 48.5 Å². The van der Waals surface area contributed by atoms with Crippen molar-refractivity contribution in [2.24, 2.45) is 5.73 Å². The highest BCUT2D eigenvalue weighted by molar-refractivity contribution is 5.45. The molecule has 2 N–H and O–H groups in total. The third-order valence-electron chi connectivity index (χ3n) is 3.03. The zero-order valence-electron chi connectivity index (χ0n) is 10.7. The van der Waals surface area contributed by atoms with E-state index in [0.29, 0.717) is 12.1 Å². The number of nitrogens with two attached hydrogens (primary N) is 1. The Morgan fingerprint density at radius 3 is 2.42 bits per heavy atom. The summed E-state index contributed by atoms with van der Waals surface area (Å²) < 4.78 is 26.5. The SMILES string of the molecule is CN(CC(N)c1ccc(F)cc1F)c1ccccc1. The average Bonchev–Trinajstić information content (AvgIpc) is 2.39. The maximum absolute atomic E-state index is 13.6. The lowest BCUT2D eigenvalue weighted by atomic mass is 10.1. The fraction of sp³-hybridized carbons (Fsp3) is 0.200. The number of benzene rings is 2. The first-order valence-electron chi connectivity index (χ1n) is 6.04. The number of rotatable bonds is 4. The lowest BCUT2D eigenvalue weighted by Crippen LogP contribution is -2.29. The van der Waals surface area contributed by atoms with Crippen LogP contribution in [-0.4, -0.2) is 13.6 Å². The van der Waals surface area contributed by atoms with Crippen LogP contribution in [0.5, 0.6) is 0 Å². The highest BCUT2D eigenvalue weighted by Crippen LogP contribution is 2.19. The first-order valence-corrected chi connectivity index (χ1v) is 6.04. The number of halogens is 2. The van der Waals surface area contributed by atoms with Gasteiger partial charge in [-0.25, -0.2) is 8.78 Å². The fourth-order valence-electron chi connectivity index (χ4n) is 1.98. The molecule has 100 valence electrons. The molecule has 0 saturated carbocycles. The average molecular weight is 262 g/mol. The topological polar surface area (TPSA) is 29.3 Å². The van der Waals surface area contributed by atoms with Gasteiger partial charge in [-0.15, -0.1) is 0 Å². The van der Waals surface area contributed by atoms with Crippen molar-refractivity contribution in [3.05, 3.63) is 65.7 Å². The van der Waals surface area contributed by atoms with Crippen molar-refractivity contribution >= 4 is 5.69 Å². The predicted molar refractivity (Wildman–Crippen MR) is 73.0 cm³/mol. The van der Waals surface area contributed by atoms with Gasteiger partial charge in [0.2, 0.25) is 0 Å². The second kappa shape index (κ2) is 5.80. The molecule has 2 rings (SSSR count). The number of hydrogen-bond donors (Lipinski definition) is 1. The van der Waals surface area contributed by atoms with Gasteiger partial charge in [0.25, 0.3) is 0 Å². The molecule has 1 atom stereocenters. The maximum Gasteiger partial charge on any atom is 0.130 e. The van der Waals surface area contributed by atoms with E-state index in [2.05, 4.69) is 0 Å². The molecule has 0 radical (unpaired) electrons. The highest BCUT2D eigenvalue weighted by Gasteiger charge is 2.14. The quantitative estimate of drug-likeness (QED) is 0.917. The molecule has 0 aliphatic carbocycles. The van der Waals surface area contributed by atoms with Gasteiger partial charge in [0.1, 0.15) is 11.6 Å². The van der Waals surface area contributed by atoms with Gasteiger partial charge < -0.3 is 10.6 Å². The molecule has 0 saturated heterocycles. The maximum atomic E-state index is 13.6. The van der Waals surface area contributed by atoms with Crippen molar-refractivity contribution in [1.29, 1.82) is 0 Å². The van der Waals surface area contributed by atoms with E-state index in [0.717, 1.165) is 11.8 Å². The van der Waals surface area contributed by atoms with Crippen LogP contribution in [0.2, 0.25) is 0 Å². The summed E-state index contributed by atoms with van der Waals surface area (Å²) in [5.74, 6) is -1.20. The summed E-state index contributed by atoms with van der Waals surface area (Å²) in [7, 11) is 1.89. The Morgan fingerprint density at radius 1 is 1.11 bits per heavy atom. The van der Waals surface area contributed by atoms with Gasteiger partial charge in [-0.05, 0) is 18.2 Å². The summed E-state index contributed by atoms with van der Waals surface area (Å²) in [5, 5.41) is 0. The summed E-state index contributed by atoms with van der Waals surface area (Å²) in [6.07, 6.45) is 0. The molecule has 0 aliphatic heterocycles. The van der Waals surface area contributed by atoms with Crippen LogP contribution in [0.1, 0.15) is 11.6 Å². The van der Waals surface area contributed by atoms with Crippen LogP contribution in [0.4, 0.5) is 14.5 Å². The Balaban J connectivity index is 2.10. The second-order valence-electron chi connectivity index (χ2n) is 4.49. The molecule has 19 heavy (non-hydrogen) atoms. The van der Waals surface area contributed by atoms with Crippen LogP contribution < -0.4 is 10.6 Å².